The monoisotopic (exact) mass is 527 g/mol. The Morgan fingerprint density at radius 2 is 1.59 bits per heavy atom. The zero-order valence-corrected chi connectivity index (χ0v) is 21.5. The van der Waals surface area contributed by atoms with E-state index < -0.39 is 10.0 Å². The highest BCUT2D eigenvalue weighted by Crippen LogP contribution is 2.44. The minimum Gasteiger partial charge on any atom is -0.490 e. The number of nitrogens with two attached hydrogens (primary N) is 1. The van der Waals surface area contributed by atoms with Gasteiger partial charge in [-0.05, 0) is 40.3 Å². The van der Waals surface area contributed by atoms with E-state index in [1.807, 2.05) is 24.3 Å². The summed E-state index contributed by atoms with van der Waals surface area (Å²) in [4.78, 5) is 1.21. The third-order valence-electron chi connectivity index (χ3n) is 6.67. The van der Waals surface area contributed by atoms with Gasteiger partial charge in [0, 0.05) is 22.1 Å². The average molecular weight is 528 g/mol. The minimum atomic E-state index is -3.84. The van der Waals surface area contributed by atoms with E-state index >= 15 is 0 Å². The molecule has 2 N–H and O–H groups in total. The number of hydrogen-bond donors (Lipinski definition) is 1. The highest BCUT2D eigenvalue weighted by atomic mass is 32.2. The van der Waals surface area contributed by atoms with Gasteiger partial charge in [-0.1, -0.05) is 78.9 Å². The second kappa shape index (κ2) is 9.67. The Kier molecular flexibility index (Phi) is 6.20. The van der Waals surface area contributed by atoms with Gasteiger partial charge in [-0.3, -0.25) is 0 Å². The molecule has 4 aromatic carbocycles. The molecule has 1 aromatic heterocycles. The molecule has 0 aliphatic carbocycles. The molecule has 5 nitrogen and oxygen atoms in total. The molecule has 0 saturated carbocycles. The number of ether oxygens (including phenoxy) is 2. The van der Waals surface area contributed by atoms with E-state index in [0.717, 1.165) is 5.56 Å². The Hall–Kier alpha value is -3.65. The Labute approximate surface area is 220 Å². The van der Waals surface area contributed by atoms with Crippen molar-refractivity contribution in [2.75, 3.05) is 6.61 Å². The second-order valence-electron chi connectivity index (χ2n) is 9.07. The number of fused-ring (bicyclic) bond motifs is 2. The summed E-state index contributed by atoms with van der Waals surface area (Å²) in [5.41, 5.74) is 3.56. The van der Waals surface area contributed by atoms with Crippen molar-refractivity contribution < 1.29 is 17.9 Å². The lowest BCUT2D eigenvalue weighted by Crippen LogP contribution is -2.26. The zero-order valence-electron chi connectivity index (χ0n) is 19.9. The maximum Gasteiger partial charge on any atom is 0.238 e. The molecule has 2 heterocycles. The number of benzene rings is 4. The van der Waals surface area contributed by atoms with Gasteiger partial charge in [0.05, 0.1) is 17.4 Å². The van der Waals surface area contributed by atoms with E-state index in [-0.39, 0.29) is 16.9 Å². The molecular weight excluding hydrogens is 502 g/mol. The first kappa shape index (κ1) is 23.7. The summed E-state index contributed by atoms with van der Waals surface area (Å²) in [5.74, 6) is 0.875. The van der Waals surface area contributed by atoms with Crippen LogP contribution in [-0.2, 0) is 10.0 Å². The van der Waals surface area contributed by atoms with Crippen molar-refractivity contribution in [2.45, 2.75) is 23.3 Å². The van der Waals surface area contributed by atoms with E-state index in [1.54, 1.807) is 17.4 Å². The van der Waals surface area contributed by atoms with Crippen LogP contribution in [0.3, 0.4) is 0 Å². The second-order valence-corrected chi connectivity index (χ2v) is 11.7. The minimum absolute atomic E-state index is 0.00542. The van der Waals surface area contributed by atoms with E-state index in [1.165, 1.54) is 38.2 Å². The SMILES string of the molecule is NS(=O)(=O)c1ccc2c(c1)OCCC([C@@H](c1ccccc1)c1cc3cccc(-c4ccccc4)c3s1)O2. The smallest absolute Gasteiger partial charge is 0.238 e. The van der Waals surface area contributed by atoms with Crippen LogP contribution in [0, 0.1) is 0 Å². The van der Waals surface area contributed by atoms with E-state index in [2.05, 4.69) is 60.7 Å². The molecule has 37 heavy (non-hydrogen) atoms. The van der Waals surface area contributed by atoms with Gasteiger partial charge in [0.2, 0.25) is 10.0 Å². The Bertz CT molecular complexity index is 1660. The standard InChI is InChI=1S/C30H25NO4S2/c31-37(32,33)23-14-15-25-27(19-23)34-17-16-26(35-25)29(21-10-5-2-6-11-21)28-18-22-12-7-13-24(30(22)36-28)20-8-3-1-4-9-20/h1-15,18-19,26,29H,16-17H2,(H2,31,32,33)/t26?,29-/m1/s1. The van der Waals surface area contributed by atoms with Gasteiger partial charge >= 0.3 is 0 Å². The zero-order chi connectivity index (χ0) is 25.4. The van der Waals surface area contributed by atoms with Gasteiger partial charge in [-0.15, -0.1) is 11.3 Å². The van der Waals surface area contributed by atoms with Crippen LogP contribution in [0.15, 0.2) is 108 Å². The normalized spacial score (nSPS) is 16.3. The molecule has 0 saturated heterocycles. The number of sulfonamides is 1. The number of rotatable bonds is 5. The molecule has 0 spiro atoms. The average Bonchev–Trinajstić information content (AvgIpc) is 3.22. The first-order valence-corrected chi connectivity index (χ1v) is 14.4. The fourth-order valence-corrected chi connectivity index (χ4v) is 6.83. The highest BCUT2D eigenvalue weighted by Gasteiger charge is 2.31. The van der Waals surface area contributed by atoms with Gasteiger partial charge in [0.1, 0.15) is 6.10 Å². The fourth-order valence-electron chi connectivity index (χ4n) is 4.92. The lowest BCUT2D eigenvalue weighted by atomic mass is 9.89. The molecule has 6 rings (SSSR count). The van der Waals surface area contributed by atoms with Crippen LogP contribution in [0.1, 0.15) is 22.8 Å². The highest BCUT2D eigenvalue weighted by molar-refractivity contribution is 7.89. The van der Waals surface area contributed by atoms with Crippen molar-refractivity contribution in [3.8, 4) is 22.6 Å². The summed E-state index contributed by atoms with van der Waals surface area (Å²) in [6.07, 6.45) is 0.427. The van der Waals surface area contributed by atoms with Crippen molar-refractivity contribution >= 4 is 31.4 Å². The molecule has 1 aliphatic heterocycles. The summed E-state index contributed by atoms with van der Waals surface area (Å²) < 4.78 is 37.4. The summed E-state index contributed by atoms with van der Waals surface area (Å²) in [5, 5.41) is 6.52. The van der Waals surface area contributed by atoms with E-state index in [9.17, 15) is 8.42 Å². The first-order valence-electron chi connectivity index (χ1n) is 12.1. The lowest BCUT2D eigenvalue weighted by molar-refractivity contribution is 0.174. The molecule has 1 aliphatic rings. The van der Waals surface area contributed by atoms with Crippen LogP contribution in [0.4, 0.5) is 0 Å². The van der Waals surface area contributed by atoms with Crippen molar-refractivity contribution in [2.24, 2.45) is 5.14 Å². The summed E-state index contributed by atoms with van der Waals surface area (Å²) in [7, 11) is -3.84. The van der Waals surface area contributed by atoms with Crippen molar-refractivity contribution in [1.29, 1.82) is 0 Å². The van der Waals surface area contributed by atoms with Crippen molar-refractivity contribution in [3.63, 3.8) is 0 Å². The van der Waals surface area contributed by atoms with Crippen molar-refractivity contribution in [1.82, 2.24) is 0 Å². The Morgan fingerprint density at radius 3 is 2.35 bits per heavy atom. The molecule has 2 atom stereocenters. The van der Waals surface area contributed by atoms with Gasteiger partial charge in [0.15, 0.2) is 11.5 Å². The Balaban J connectivity index is 1.44. The van der Waals surface area contributed by atoms with Crippen LogP contribution in [-0.4, -0.2) is 21.1 Å². The number of thiophene rings is 1. The van der Waals surface area contributed by atoms with Gasteiger partial charge in [-0.2, -0.15) is 0 Å². The van der Waals surface area contributed by atoms with Gasteiger partial charge < -0.3 is 9.47 Å². The number of hydrogen-bond acceptors (Lipinski definition) is 5. The molecule has 0 radical (unpaired) electrons. The molecule has 7 heteroatoms. The largest absolute Gasteiger partial charge is 0.490 e. The summed E-state index contributed by atoms with van der Waals surface area (Å²) >= 11 is 1.79. The molecular formula is C30H25NO4S2. The maximum absolute atomic E-state index is 11.8. The summed E-state index contributed by atoms with van der Waals surface area (Å²) in [6.45, 7) is 0.398. The molecule has 1 unspecified atom stereocenters. The fraction of sp³-hybridized carbons (Fsp3) is 0.133. The van der Waals surface area contributed by atoms with Crippen LogP contribution in [0.5, 0.6) is 11.5 Å². The molecule has 0 fully saturated rings. The topological polar surface area (TPSA) is 78.6 Å². The third-order valence-corrected chi connectivity index (χ3v) is 8.85. The molecule has 0 amide bonds. The molecule has 0 bridgehead atoms. The lowest BCUT2D eigenvalue weighted by Gasteiger charge is -2.26. The van der Waals surface area contributed by atoms with E-state index in [4.69, 9.17) is 14.6 Å². The predicted molar refractivity (Wildman–Crippen MR) is 148 cm³/mol. The maximum atomic E-state index is 11.8. The Morgan fingerprint density at radius 1 is 0.838 bits per heavy atom. The van der Waals surface area contributed by atoms with E-state index in [0.29, 0.717) is 24.5 Å². The molecule has 5 aromatic rings. The van der Waals surface area contributed by atoms with Crippen LogP contribution < -0.4 is 14.6 Å². The van der Waals surface area contributed by atoms with Crippen LogP contribution in [0.25, 0.3) is 21.2 Å². The van der Waals surface area contributed by atoms with Gasteiger partial charge in [0.25, 0.3) is 0 Å². The quantitative estimate of drug-likeness (QED) is 0.280. The van der Waals surface area contributed by atoms with Gasteiger partial charge in [-0.25, -0.2) is 13.6 Å². The van der Waals surface area contributed by atoms with Crippen molar-refractivity contribution in [3.05, 3.63) is 114 Å². The third kappa shape index (κ3) is 4.73. The number of primary sulfonamides is 1. The van der Waals surface area contributed by atoms with Crippen LogP contribution >= 0.6 is 11.3 Å². The van der Waals surface area contributed by atoms with Crippen LogP contribution in [0.2, 0.25) is 0 Å². The first-order chi connectivity index (χ1) is 18.0. The molecule has 186 valence electrons. The predicted octanol–water partition coefficient (Wildman–Crippen LogP) is 6.58. The summed E-state index contributed by atoms with van der Waals surface area (Å²) in [6, 6.07) is 34.0.